The van der Waals surface area contributed by atoms with E-state index in [2.05, 4.69) is 10.3 Å². The lowest BCUT2D eigenvalue weighted by Crippen LogP contribution is -2.45. The molecule has 42 heavy (non-hydrogen) atoms. The first kappa shape index (κ1) is 28.3. The fraction of sp³-hybridized carbons (Fsp3) is 0.333. The Kier molecular flexibility index (Phi) is 7.28. The first-order valence-electron chi connectivity index (χ1n) is 14.5. The molecular formula is C33H36FN3O4Si. The number of carbonyl (C=O) groups excluding carboxylic acids is 2. The number of nitrogens with one attached hydrogen (secondary N) is 2. The lowest BCUT2D eigenvalue weighted by molar-refractivity contribution is -0.146. The van der Waals surface area contributed by atoms with Gasteiger partial charge in [0.1, 0.15) is 0 Å². The number of H-pyrrole nitrogens is 1. The number of ether oxygens (including phenoxy) is 1. The van der Waals surface area contributed by atoms with Crippen LogP contribution in [0.15, 0.2) is 79.0 Å². The van der Waals surface area contributed by atoms with Gasteiger partial charge in [0, 0.05) is 46.4 Å². The Morgan fingerprint density at radius 1 is 1.10 bits per heavy atom. The number of carbonyl (C=O) groups is 2. The van der Waals surface area contributed by atoms with Crippen molar-refractivity contribution in [2.24, 2.45) is 5.92 Å². The molecule has 6 rings (SSSR count). The van der Waals surface area contributed by atoms with E-state index in [0.717, 1.165) is 33.3 Å². The summed E-state index contributed by atoms with van der Waals surface area (Å²) in [6.45, 7) is 5.42. The highest BCUT2D eigenvalue weighted by Crippen LogP contribution is 2.60. The van der Waals surface area contributed by atoms with Crippen molar-refractivity contribution in [2.75, 3.05) is 16.8 Å². The second-order valence-corrected chi connectivity index (χ2v) is 15.8. The maximum atomic E-state index is 15.6. The van der Waals surface area contributed by atoms with Crippen LogP contribution in [-0.2, 0) is 32.9 Å². The zero-order valence-electron chi connectivity index (χ0n) is 24.1. The highest BCUT2D eigenvalue weighted by atomic mass is 28.4. The summed E-state index contributed by atoms with van der Waals surface area (Å²) < 4.78 is 22.2. The van der Waals surface area contributed by atoms with Gasteiger partial charge in [-0.15, -0.1) is 0 Å². The zero-order chi connectivity index (χ0) is 29.6. The van der Waals surface area contributed by atoms with E-state index >= 15 is 4.11 Å². The second kappa shape index (κ2) is 10.8. The fourth-order valence-electron chi connectivity index (χ4n) is 7.09. The highest BCUT2D eigenvalue weighted by Gasteiger charge is 2.66. The summed E-state index contributed by atoms with van der Waals surface area (Å²) in [6.07, 6.45) is 1.88. The van der Waals surface area contributed by atoms with Gasteiger partial charge < -0.3 is 29.2 Å². The molecule has 0 radical (unpaired) electrons. The number of halogens is 1. The van der Waals surface area contributed by atoms with E-state index in [0.29, 0.717) is 18.7 Å². The van der Waals surface area contributed by atoms with Gasteiger partial charge in [-0.25, -0.2) is 0 Å². The van der Waals surface area contributed by atoms with Crippen LogP contribution in [0.5, 0.6) is 0 Å². The van der Waals surface area contributed by atoms with E-state index in [1.54, 1.807) is 18.0 Å². The average molecular weight is 586 g/mol. The van der Waals surface area contributed by atoms with Crippen LogP contribution in [0.1, 0.15) is 30.0 Å². The molecule has 0 aliphatic carbocycles. The topological polar surface area (TPSA) is 94.7 Å². The van der Waals surface area contributed by atoms with Gasteiger partial charge in [-0.2, -0.15) is 0 Å². The van der Waals surface area contributed by atoms with Crippen molar-refractivity contribution in [3.63, 3.8) is 0 Å². The summed E-state index contributed by atoms with van der Waals surface area (Å²) in [5, 5.41) is 13.7. The number of aromatic nitrogens is 1. The van der Waals surface area contributed by atoms with Gasteiger partial charge in [0.2, 0.25) is 14.3 Å². The Bertz CT molecular complexity index is 1630. The monoisotopic (exact) mass is 585 g/mol. The van der Waals surface area contributed by atoms with Crippen molar-refractivity contribution in [1.29, 1.82) is 0 Å². The predicted octanol–water partition coefficient (Wildman–Crippen LogP) is 6.05. The summed E-state index contributed by atoms with van der Waals surface area (Å²) in [7, 11) is -3.23. The molecule has 0 saturated carbocycles. The van der Waals surface area contributed by atoms with Gasteiger partial charge in [0.15, 0.2) is 5.60 Å². The molecule has 1 saturated heterocycles. The Morgan fingerprint density at radius 3 is 2.55 bits per heavy atom. The molecule has 2 amide bonds. The molecule has 2 aliphatic rings. The van der Waals surface area contributed by atoms with Crippen molar-refractivity contribution in [2.45, 2.75) is 56.7 Å². The Balaban J connectivity index is 1.20. The Morgan fingerprint density at radius 2 is 1.81 bits per heavy atom. The van der Waals surface area contributed by atoms with Crippen LogP contribution in [-0.4, -0.2) is 43.0 Å². The van der Waals surface area contributed by atoms with Gasteiger partial charge >= 0.3 is 0 Å². The van der Waals surface area contributed by atoms with Crippen molar-refractivity contribution < 1.29 is 23.5 Å². The Hall–Kier alpha value is -3.79. The molecule has 0 unspecified atom stereocenters. The minimum absolute atomic E-state index is 0.114. The predicted molar refractivity (Wildman–Crippen MR) is 164 cm³/mol. The van der Waals surface area contributed by atoms with E-state index in [-0.39, 0.29) is 30.8 Å². The van der Waals surface area contributed by atoms with Crippen molar-refractivity contribution in [3.05, 3.63) is 95.7 Å². The first-order valence-corrected chi connectivity index (χ1v) is 17.4. The number of nitrogens with zero attached hydrogens (tertiary/aromatic N) is 1. The summed E-state index contributed by atoms with van der Waals surface area (Å²) in [4.78, 5) is 32.0. The average Bonchev–Trinajstić information content (AvgIpc) is 3.57. The van der Waals surface area contributed by atoms with E-state index in [1.807, 2.05) is 85.9 Å². The first-order chi connectivity index (χ1) is 20.1. The van der Waals surface area contributed by atoms with Crippen molar-refractivity contribution in [3.8, 4) is 0 Å². The third-order valence-electron chi connectivity index (χ3n) is 8.89. The summed E-state index contributed by atoms with van der Waals surface area (Å²) in [5.41, 5.74) is 3.30. The van der Waals surface area contributed by atoms with Gasteiger partial charge in [0.05, 0.1) is 24.8 Å². The third kappa shape index (κ3) is 4.75. The van der Waals surface area contributed by atoms with E-state index in [9.17, 15) is 14.7 Å². The lowest BCUT2D eigenvalue weighted by Gasteiger charge is -2.31. The number of hydrogen-bond donors (Lipinski definition) is 3. The SMILES string of the molecule is C[C@@H]1[C@@H]([Si](C)(C)F)[C@H](CCO)O[C@@]12C(=O)N(Cc1ccc(NC(=O)Cc3c[nH]c4ccccc34)cc1)c1ccccc12. The molecule has 9 heteroatoms. The van der Waals surface area contributed by atoms with Crippen LogP contribution in [0.25, 0.3) is 10.9 Å². The minimum atomic E-state index is -3.23. The zero-order valence-corrected chi connectivity index (χ0v) is 25.1. The van der Waals surface area contributed by atoms with Crippen LogP contribution >= 0.6 is 0 Å². The number of anilines is 2. The number of aromatic amines is 1. The molecular weight excluding hydrogens is 549 g/mol. The minimum Gasteiger partial charge on any atom is -0.396 e. The second-order valence-electron chi connectivity index (χ2n) is 12.0. The van der Waals surface area contributed by atoms with Gasteiger partial charge in [-0.3, -0.25) is 9.59 Å². The van der Waals surface area contributed by atoms with Crippen molar-refractivity contribution in [1.82, 2.24) is 4.98 Å². The van der Waals surface area contributed by atoms with E-state index in [4.69, 9.17) is 4.74 Å². The number of aliphatic hydroxyl groups is 1. The third-order valence-corrected chi connectivity index (χ3v) is 11.3. The maximum absolute atomic E-state index is 15.6. The summed E-state index contributed by atoms with van der Waals surface area (Å²) in [5.74, 6) is -0.693. The molecule has 1 spiro atoms. The lowest BCUT2D eigenvalue weighted by atomic mass is 9.82. The smallest absolute Gasteiger partial charge is 0.264 e. The normalized spacial score (nSPS) is 23.6. The molecule has 4 atom stereocenters. The number of aliphatic hydroxyl groups excluding tert-OH is 1. The molecule has 1 fully saturated rings. The van der Waals surface area contributed by atoms with Crippen LogP contribution in [0.3, 0.4) is 0 Å². The number of amides is 2. The number of para-hydroxylation sites is 2. The quantitative estimate of drug-likeness (QED) is 0.173. The van der Waals surface area contributed by atoms with Crippen LogP contribution in [0.4, 0.5) is 15.5 Å². The van der Waals surface area contributed by atoms with Gasteiger partial charge in [-0.1, -0.05) is 55.5 Å². The molecule has 7 nitrogen and oxygen atoms in total. The highest BCUT2D eigenvalue weighted by molar-refractivity contribution is 6.72. The fourth-order valence-corrected chi connectivity index (χ4v) is 9.63. The number of benzene rings is 3. The standard InChI is InChI=1S/C33H36FN3O4Si/c1-21-31(42(2,3)34)29(16-17-38)41-33(21)26-9-5-7-11-28(26)37(32(33)40)20-22-12-14-24(15-13-22)36-30(39)18-23-19-35-27-10-6-4-8-25(23)27/h4-15,19,21,29,31,35,38H,16-18,20H2,1-3H3,(H,36,39)/t21-,29+,31-,33+/m1/s1. The van der Waals surface area contributed by atoms with Gasteiger partial charge in [0.25, 0.3) is 5.91 Å². The molecule has 218 valence electrons. The molecule has 3 aromatic carbocycles. The van der Waals surface area contributed by atoms with Crippen molar-refractivity contribution >= 4 is 42.5 Å². The summed E-state index contributed by atoms with van der Waals surface area (Å²) in [6, 6.07) is 22.9. The van der Waals surface area contributed by atoms with Crippen LogP contribution in [0, 0.1) is 5.92 Å². The molecule has 0 bridgehead atoms. The molecule has 4 aromatic rings. The molecule has 3 heterocycles. The number of rotatable bonds is 8. The largest absolute Gasteiger partial charge is 0.396 e. The Labute approximate surface area is 245 Å². The number of hydrogen-bond acceptors (Lipinski definition) is 4. The van der Waals surface area contributed by atoms with E-state index in [1.165, 1.54) is 0 Å². The number of fused-ring (bicyclic) bond motifs is 3. The maximum Gasteiger partial charge on any atom is 0.264 e. The summed E-state index contributed by atoms with van der Waals surface area (Å²) >= 11 is 0. The molecule has 2 aliphatic heterocycles. The van der Waals surface area contributed by atoms with Crippen LogP contribution < -0.4 is 10.2 Å². The van der Waals surface area contributed by atoms with Crippen LogP contribution in [0.2, 0.25) is 18.6 Å². The molecule has 3 N–H and O–H groups in total. The van der Waals surface area contributed by atoms with E-state index < -0.39 is 25.7 Å². The van der Waals surface area contributed by atoms with Gasteiger partial charge in [-0.05, 0) is 54.9 Å². The molecule has 1 aromatic heterocycles.